The van der Waals surface area contributed by atoms with Gasteiger partial charge in [0.15, 0.2) is 0 Å². The second-order valence-electron chi connectivity index (χ2n) is 7.99. The number of aliphatic hydroxyl groups is 1. The van der Waals surface area contributed by atoms with Crippen molar-refractivity contribution in [3.05, 3.63) is 110 Å². The first-order chi connectivity index (χ1) is 15.4. The van der Waals surface area contributed by atoms with Crippen molar-refractivity contribution >= 4 is 22.8 Å². The third-order valence-electron chi connectivity index (χ3n) is 6.39. The Morgan fingerprint density at radius 1 is 1.12 bits per heavy atom. The van der Waals surface area contributed by atoms with Crippen LogP contribution in [0.4, 0.5) is 10.1 Å². The number of non-ortho nitro benzene ring substituents is 1. The van der Waals surface area contributed by atoms with Gasteiger partial charge in [-0.1, -0.05) is 36.4 Å². The lowest BCUT2D eigenvalue weighted by molar-refractivity contribution is -0.384. The van der Waals surface area contributed by atoms with Crippen LogP contribution in [0, 0.1) is 21.3 Å². The highest BCUT2D eigenvalue weighted by Gasteiger charge is 2.59. The predicted octanol–water partition coefficient (Wildman–Crippen LogP) is 4.46. The van der Waals surface area contributed by atoms with E-state index < -0.39 is 28.2 Å². The Kier molecular flexibility index (Phi) is 4.46. The van der Waals surface area contributed by atoms with E-state index in [1.807, 2.05) is 30.3 Å². The van der Waals surface area contributed by atoms with Gasteiger partial charge in [0.25, 0.3) is 5.69 Å². The molecule has 5 rings (SSSR count). The molecule has 0 saturated heterocycles. The van der Waals surface area contributed by atoms with E-state index in [1.54, 1.807) is 12.1 Å². The molecule has 2 aliphatic rings. The lowest BCUT2D eigenvalue weighted by Crippen LogP contribution is -2.40. The summed E-state index contributed by atoms with van der Waals surface area (Å²) in [5.41, 5.74) is 2.42. The van der Waals surface area contributed by atoms with Crippen molar-refractivity contribution in [1.82, 2.24) is 0 Å². The average Bonchev–Trinajstić information content (AvgIpc) is 3.05. The van der Waals surface area contributed by atoms with Gasteiger partial charge in [-0.2, -0.15) is 0 Å². The van der Waals surface area contributed by atoms with Crippen LogP contribution < -0.4 is 0 Å². The first kappa shape index (κ1) is 20.1. The van der Waals surface area contributed by atoms with Gasteiger partial charge >= 0.3 is 5.97 Å². The SMILES string of the molecule is COC(=O)C12Cc3cc([N+](=O)[O-])ccc3C(c3ccccc3)=C1c1ccc(F)cc1C2O. The van der Waals surface area contributed by atoms with Crippen molar-refractivity contribution in [2.75, 3.05) is 7.11 Å². The highest BCUT2D eigenvalue weighted by molar-refractivity contribution is 6.12. The minimum atomic E-state index is -1.56. The van der Waals surface area contributed by atoms with Crippen molar-refractivity contribution in [2.24, 2.45) is 5.41 Å². The van der Waals surface area contributed by atoms with E-state index in [4.69, 9.17) is 4.74 Å². The third-order valence-corrected chi connectivity index (χ3v) is 6.39. The van der Waals surface area contributed by atoms with Gasteiger partial charge in [0, 0.05) is 12.1 Å². The number of benzene rings is 3. The summed E-state index contributed by atoms with van der Waals surface area (Å²) >= 11 is 0. The first-order valence-electron chi connectivity index (χ1n) is 10.0. The maximum Gasteiger partial charge on any atom is 0.319 e. The molecule has 0 heterocycles. The molecule has 0 saturated carbocycles. The number of halogens is 1. The lowest BCUT2D eigenvalue weighted by Gasteiger charge is -2.37. The number of rotatable bonds is 3. The molecule has 2 unspecified atom stereocenters. The van der Waals surface area contributed by atoms with Gasteiger partial charge in [0.1, 0.15) is 17.3 Å². The van der Waals surface area contributed by atoms with Gasteiger partial charge in [0.2, 0.25) is 0 Å². The monoisotopic (exact) mass is 431 g/mol. The molecule has 3 aromatic rings. The Morgan fingerprint density at radius 2 is 1.84 bits per heavy atom. The van der Waals surface area contributed by atoms with E-state index in [2.05, 4.69) is 0 Å². The molecule has 2 aliphatic carbocycles. The number of nitrogens with zero attached hydrogens (tertiary/aromatic N) is 1. The summed E-state index contributed by atoms with van der Waals surface area (Å²) in [6.45, 7) is 0. The molecule has 3 aromatic carbocycles. The van der Waals surface area contributed by atoms with Crippen LogP contribution in [0.3, 0.4) is 0 Å². The molecule has 2 atom stereocenters. The number of carbonyl (C=O) groups excluding carboxylic acids is 1. The van der Waals surface area contributed by atoms with Crippen LogP contribution in [0.25, 0.3) is 11.1 Å². The number of hydrogen-bond donors (Lipinski definition) is 1. The number of fused-ring (bicyclic) bond motifs is 4. The van der Waals surface area contributed by atoms with Crippen LogP contribution in [-0.2, 0) is 16.0 Å². The molecule has 0 aromatic heterocycles. The third kappa shape index (κ3) is 2.64. The summed E-state index contributed by atoms with van der Waals surface area (Å²) in [5.74, 6) is -1.21. The minimum Gasteiger partial charge on any atom is -0.468 e. The van der Waals surface area contributed by atoms with E-state index in [0.29, 0.717) is 27.8 Å². The standard InChI is InChI=1S/C25H18FNO5/c1-32-24(29)25-13-15-11-17(27(30)31)8-10-18(15)21(14-5-3-2-4-6-14)22(25)19-9-7-16(26)12-20(19)23(25)28/h2-12,23,28H,13H2,1H3. The summed E-state index contributed by atoms with van der Waals surface area (Å²) < 4.78 is 19.3. The fourth-order valence-electron chi connectivity index (χ4n) is 5.06. The summed E-state index contributed by atoms with van der Waals surface area (Å²) in [6, 6.07) is 17.9. The fourth-order valence-corrected chi connectivity index (χ4v) is 5.06. The van der Waals surface area contributed by atoms with Crippen LogP contribution in [0.15, 0.2) is 66.7 Å². The molecule has 0 bridgehead atoms. The van der Waals surface area contributed by atoms with Gasteiger partial charge in [-0.3, -0.25) is 14.9 Å². The molecule has 6 nitrogen and oxygen atoms in total. The van der Waals surface area contributed by atoms with Crippen LogP contribution in [0.2, 0.25) is 0 Å². The first-order valence-corrected chi connectivity index (χ1v) is 10.0. The number of ether oxygens (including phenoxy) is 1. The number of nitro benzene ring substituents is 1. The van der Waals surface area contributed by atoms with Crippen LogP contribution >= 0.6 is 0 Å². The van der Waals surface area contributed by atoms with Gasteiger partial charge in [0.05, 0.1) is 12.0 Å². The molecule has 0 fully saturated rings. The second kappa shape index (κ2) is 7.10. The van der Waals surface area contributed by atoms with Gasteiger partial charge in [-0.05, 0) is 63.6 Å². The van der Waals surface area contributed by atoms with Crippen molar-refractivity contribution in [2.45, 2.75) is 12.5 Å². The Balaban J connectivity index is 1.94. The van der Waals surface area contributed by atoms with E-state index in [0.717, 1.165) is 11.1 Å². The zero-order chi connectivity index (χ0) is 22.6. The number of esters is 1. The van der Waals surface area contributed by atoms with Gasteiger partial charge in [-0.15, -0.1) is 0 Å². The van der Waals surface area contributed by atoms with Gasteiger partial charge in [-0.25, -0.2) is 4.39 Å². The van der Waals surface area contributed by atoms with Crippen LogP contribution in [0.5, 0.6) is 0 Å². The molecule has 0 radical (unpaired) electrons. The largest absolute Gasteiger partial charge is 0.468 e. The Labute approximate surface area is 182 Å². The normalized spacial score (nSPS) is 20.9. The van der Waals surface area contributed by atoms with E-state index in [9.17, 15) is 24.4 Å². The van der Waals surface area contributed by atoms with Crippen LogP contribution in [-0.4, -0.2) is 23.1 Å². The second-order valence-corrected chi connectivity index (χ2v) is 7.99. The predicted molar refractivity (Wildman–Crippen MR) is 115 cm³/mol. The van der Waals surface area contributed by atoms with Crippen LogP contribution in [0.1, 0.15) is 33.9 Å². The number of nitro groups is 1. The summed E-state index contributed by atoms with van der Waals surface area (Å²) in [5, 5.41) is 22.8. The van der Waals surface area contributed by atoms with Crippen molar-refractivity contribution in [3.63, 3.8) is 0 Å². The summed E-state index contributed by atoms with van der Waals surface area (Å²) in [6.07, 6.45) is -1.39. The zero-order valence-corrected chi connectivity index (χ0v) is 17.0. The molecule has 0 aliphatic heterocycles. The maximum absolute atomic E-state index is 14.1. The molecule has 7 heteroatoms. The highest BCUT2D eigenvalue weighted by atomic mass is 19.1. The van der Waals surface area contributed by atoms with E-state index in [1.165, 1.54) is 31.4 Å². The molecule has 160 valence electrons. The molecular weight excluding hydrogens is 413 g/mol. The number of aliphatic hydroxyl groups excluding tert-OH is 1. The number of carbonyl (C=O) groups is 1. The highest BCUT2D eigenvalue weighted by Crippen LogP contribution is 2.62. The van der Waals surface area contributed by atoms with E-state index >= 15 is 0 Å². The topological polar surface area (TPSA) is 89.7 Å². The smallest absolute Gasteiger partial charge is 0.319 e. The van der Waals surface area contributed by atoms with Gasteiger partial charge < -0.3 is 9.84 Å². The molecule has 1 N–H and O–H groups in total. The average molecular weight is 431 g/mol. The van der Waals surface area contributed by atoms with Crippen molar-refractivity contribution in [1.29, 1.82) is 0 Å². The molecule has 0 spiro atoms. The molecular formula is C25H18FNO5. The number of hydrogen-bond acceptors (Lipinski definition) is 5. The number of methoxy groups -OCH3 is 1. The fraction of sp³-hybridized carbons (Fsp3) is 0.160. The maximum atomic E-state index is 14.1. The van der Waals surface area contributed by atoms with Crippen molar-refractivity contribution < 1.29 is 24.0 Å². The Morgan fingerprint density at radius 3 is 2.53 bits per heavy atom. The zero-order valence-electron chi connectivity index (χ0n) is 17.0. The van der Waals surface area contributed by atoms with Crippen molar-refractivity contribution in [3.8, 4) is 0 Å². The lowest BCUT2D eigenvalue weighted by atomic mass is 9.65. The Bertz CT molecular complexity index is 1320. The summed E-state index contributed by atoms with van der Waals surface area (Å²) in [4.78, 5) is 24.2. The molecule has 32 heavy (non-hydrogen) atoms. The Hall–Kier alpha value is -3.84. The van der Waals surface area contributed by atoms with E-state index in [-0.39, 0.29) is 12.1 Å². The quantitative estimate of drug-likeness (QED) is 0.376. The molecule has 0 amide bonds. The summed E-state index contributed by atoms with van der Waals surface area (Å²) in [7, 11) is 1.23. The minimum absolute atomic E-state index is 0.0141.